The second-order valence-electron chi connectivity index (χ2n) is 6.40. The van der Waals surface area contributed by atoms with Crippen molar-refractivity contribution in [2.45, 2.75) is 13.2 Å². The van der Waals surface area contributed by atoms with E-state index in [9.17, 15) is 4.79 Å². The first-order chi connectivity index (χ1) is 14.2. The molecule has 0 radical (unpaired) electrons. The Bertz CT molecular complexity index is 1130. The fraction of sp³-hybridized carbons (Fsp3) is 0.143. The van der Waals surface area contributed by atoms with E-state index in [1.54, 1.807) is 35.1 Å². The van der Waals surface area contributed by atoms with Gasteiger partial charge in [0.1, 0.15) is 24.3 Å². The number of anilines is 1. The Morgan fingerprint density at radius 2 is 2.00 bits per heavy atom. The lowest BCUT2D eigenvalue weighted by Gasteiger charge is -2.09. The van der Waals surface area contributed by atoms with E-state index in [4.69, 9.17) is 16.3 Å². The normalized spacial score (nSPS) is 10.8. The molecule has 29 heavy (non-hydrogen) atoms. The number of benzene rings is 2. The maximum Gasteiger partial charge on any atom is 0.150 e. The van der Waals surface area contributed by atoms with E-state index in [1.807, 2.05) is 30.5 Å². The lowest BCUT2D eigenvalue weighted by molar-refractivity contribution is 0.112. The van der Waals surface area contributed by atoms with Gasteiger partial charge in [-0.2, -0.15) is 0 Å². The maximum absolute atomic E-state index is 10.7. The summed E-state index contributed by atoms with van der Waals surface area (Å²) < 4.78 is 7.44. The first-order valence-electron chi connectivity index (χ1n) is 9.06. The van der Waals surface area contributed by atoms with Crippen molar-refractivity contribution >= 4 is 34.5 Å². The average molecular weight is 408 g/mol. The van der Waals surface area contributed by atoms with E-state index in [1.165, 1.54) is 0 Å². The molecular weight excluding hydrogens is 390 g/mol. The number of aromatic nitrogens is 4. The molecule has 0 fully saturated rings. The van der Waals surface area contributed by atoms with Crippen molar-refractivity contribution < 1.29 is 9.53 Å². The average Bonchev–Trinajstić information content (AvgIpc) is 3.20. The minimum absolute atomic E-state index is 0.309. The molecule has 0 unspecified atom stereocenters. The molecule has 4 rings (SSSR count). The van der Waals surface area contributed by atoms with Gasteiger partial charge in [-0.1, -0.05) is 16.8 Å². The molecule has 2 aromatic carbocycles. The summed E-state index contributed by atoms with van der Waals surface area (Å²) >= 11 is 6.03. The van der Waals surface area contributed by atoms with Crippen molar-refractivity contribution in [2.75, 3.05) is 11.9 Å². The van der Waals surface area contributed by atoms with Gasteiger partial charge in [-0.3, -0.25) is 14.5 Å². The van der Waals surface area contributed by atoms with Crippen LogP contribution in [0.15, 0.2) is 60.9 Å². The van der Waals surface area contributed by atoms with Crippen LogP contribution >= 0.6 is 11.6 Å². The lowest BCUT2D eigenvalue weighted by atomic mass is 10.2. The number of aldehydes is 1. The molecular formula is C21H18ClN5O2. The van der Waals surface area contributed by atoms with E-state index >= 15 is 0 Å². The number of hydrogen-bond acceptors (Lipinski definition) is 6. The molecule has 4 aromatic rings. The van der Waals surface area contributed by atoms with E-state index in [2.05, 4.69) is 20.6 Å². The van der Waals surface area contributed by atoms with Gasteiger partial charge in [0.15, 0.2) is 0 Å². The zero-order valence-electron chi connectivity index (χ0n) is 15.5. The largest absolute Gasteiger partial charge is 0.487 e. The predicted molar refractivity (Wildman–Crippen MR) is 111 cm³/mol. The summed E-state index contributed by atoms with van der Waals surface area (Å²) in [5.41, 5.74) is 3.19. The topological polar surface area (TPSA) is 81.9 Å². The van der Waals surface area contributed by atoms with Crippen molar-refractivity contribution in [3.05, 3.63) is 77.2 Å². The summed E-state index contributed by atoms with van der Waals surface area (Å²) in [6, 6.07) is 14.5. The van der Waals surface area contributed by atoms with Gasteiger partial charge in [-0.15, -0.1) is 5.10 Å². The lowest BCUT2D eigenvalue weighted by Crippen LogP contribution is -2.11. The highest BCUT2D eigenvalue weighted by molar-refractivity contribution is 6.31. The van der Waals surface area contributed by atoms with Gasteiger partial charge in [0.2, 0.25) is 0 Å². The van der Waals surface area contributed by atoms with E-state index < -0.39 is 0 Å². The van der Waals surface area contributed by atoms with E-state index in [0.29, 0.717) is 36.0 Å². The number of hydrogen-bond donors (Lipinski definition) is 1. The molecule has 0 amide bonds. The number of halogens is 1. The number of pyridine rings is 1. The number of nitrogens with one attached hydrogen (secondary N) is 1. The van der Waals surface area contributed by atoms with Gasteiger partial charge < -0.3 is 10.1 Å². The number of carbonyl (C=O) groups excluding carboxylic acids is 1. The van der Waals surface area contributed by atoms with Crippen molar-refractivity contribution in [2.24, 2.45) is 0 Å². The van der Waals surface area contributed by atoms with Crippen LogP contribution in [-0.2, 0) is 13.2 Å². The Balaban J connectivity index is 1.31. The summed E-state index contributed by atoms with van der Waals surface area (Å²) in [5, 5.41) is 13.3. The third kappa shape index (κ3) is 4.70. The van der Waals surface area contributed by atoms with Crippen molar-refractivity contribution in [1.29, 1.82) is 0 Å². The van der Waals surface area contributed by atoms with Crippen LogP contribution < -0.4 is 10.1 Å². The number of carbonyl (C=O) groups is 1. The van der Waals surface area contributed by atoms with Crippen LogP contribution in [0.25, 0.3) is 10.9 Å². The molecule has 0 aliphatic heterocycles. The highest BCUT2D eigenvalue weighted by atomic mass is 35.5. The van der Waals surface area contributed by atoms with Crippen molar-refractivity contribution in [3.63, 3.8) is 0 Å². The van der Waals surface area contributed by atoms with Crippen LogP contribution in [0.5, 0.6) is 5.75 Å². The molecule has 0 bridgehead atoms. The zero-order valence-corrected chi connectivity index (χ0v) is 16.2. The summed E-state index contributed by atoms with van der Waals surface area (Å²) in [7, 11) is 0. The molecule has 0 atom stereocenters. The third-order valence-corrected chi connectivity index (χ3v) is 4.59. The Labute approximate surface area is 172 Å². The molecule has 7 nitrogen and oxygen atoms in total. The van der Waals surface area contributed by atoms with E-state index in [0.717, 1.165) is 28.6 Å². The van der Waals surface area contributed by atoms with Gasteiger partial charge in [0, 0.05) is 34.4 Å². The zero-order chi connectivity index (χ0) is 20.1. The summed E-state index contributed by atoms with van der Waals surface area (Å²) in [5.74, 6) is 0.677. The Kier molecular flexibility index (Phi) is 5.67. The molecule has 2 heterocycles. The standard InChI is InChI=1S/C21H18ClN5O2/c22-16-3-6-19-20(7-8-23-21(19)11-16)24-9-10-27-12-17(25-26-27)14-29-18-4-1-15(13-28)2-5-18/h1-8,11-13H,9-10,14H2,(H,23,24). The number of rotatable bonds is 8. The van der Waals surface area contributed by atoms with Gasteiger partial charge >= 0.3 is 0 Å². The summed E-state index contributed by atoms with van der Waals surface area (Å²) in [4.78, 5) is 15.0. The Morgan fingerprint density at radius 3 is 2.83 bits per heavy atom. The minimum atomic E-state index is 0.309. The van der Waals surface area contributed by atoms with Crippen molar-refractivity contribution in [1.82, 2.24) is 20.0 Å². The quantitative estimate of drug-likeness (QED) is 0.445. The molecule has 1 N–H and O–H groups in total. The predicted octanol–water partition coefficient (Wildman–Crippen LogP) is 3.98. The van der Waals surface area contributed by atoms with Gasteiger partial charge in [0.05, 0.1) is 18.3 Å². The van der Waals surface area contributed by atoms with Crippen molar-refractivity contribution in [3.8, 4) is 5.75 Å². The van der Waals surface area contributed by atoms with Crippen LogP contribution in [0.1, 0.15) is 16.1 Å². The van der Waals surface area contributed by atoms with Crippen LogP contribution in [-0.4, -0.2) is 32.8 Å². The second kappa shape index (κ2) is 8.70. The fourth-order valence-electron chi connectivity index (χ4n) is 2.89. The molecule has 146 valence electrons. The molecule has 0 spiro atoms. The maximum atomic E-state index is 10.7. The molecule has 0 saturated heterocycles. The Hall–Kier alpha value is -3.45. The highest BCUT2D eigenvalue weighted by Gasteiger charge is 2.05. The molecule has 0 aliphatic rings. The summed E-state index contributed by atoms with van der Waals surface area (Å²) in [6.45, 7) is 1.64. The molecule has 0 saturated carbocycles. The Morgan fingerprint density at radius 1 is 1.14 bits per heavy atom. The third-order valence-electron chi connectivity index (χ3n) is 4.35. The fourth-order valence-corrected chi connectivity index (χ4v) is 3.06. The number of fused-ring (bicyclic) bond motifs is 1. The van der Waals surface area contributed by atoms with Crippen LogP contribution in [0.3, 0.4) is 0 Å². The first-order valence-corrected chi connectivity index (χ1v) is 9.44. The molecule has 2 aromatic heterocycles. The SMILES string of the molecule is O=Cc1ccc(OCc2cn(CCNc3ccnc4cc(Cl)ccc34)nn2)cc1. The van der Waals surface area contributed by atoms with Crippen LogP contribution in [0, 0.1) is 0 Å². The monoisotopic (exact) mass is 407 g/mol. The molecule has 0 aliphatic carbocycles. The summed E-state index contributed by atoms with van der Waals surface area (Å²) in [6.07, 6.45) is 4.41. The smallest absolute Gasteiger partial charge is 0.150 e. The number of ether oxygens (including phenoxy) is 1. The number of nitrogens with zero attached hydrogens (tertiary/aromatic N) is 4. The first kappa shape index (κ1) is 18.9. The van der Waals surface area contributed by atoms with Gasteiger partial charge in [0.25, 0.3) is 0 Å². The van der Waals surface area contributed by atoms with E-state index in [-0.39, 0.29) is 0 Å². The van der Waals surface area contributed by atoms with Crippen LogP contribution in [0.2, 0.25) is 5.02 Å². The van der Waals surface area contributed by atoms with Gasteiger partial charge in [-0.05, 0) is 48.5 Å². The second-order valence-corrected chi connectivity index (χ2v) is 6.83. The van der Waals surface area contributed by atoms with Crippen LogP contribution in [0.4, 0.5) is 5.69 Å². The van der Waals surface area contributed by atoms with Gasteiger partial charge in [-0.25, -0.2) is 0 Å². The minimum Gasteiger partial charge on any atom is -0.487 e. The molecule has 8 heteroatoms. The highest BCUT2D eigenvalue weighted by Crippen LogP contribution is 2.24.